The number of hydrogen-bond acceptors (Lipinski definition) is 3. The molecule has 4 nitrogen and oxygen atoms in total. The van der Waals surface area contributed by atoms with Crippen LogP contribution in [0.5, 0.6) is 0 Å². The lowest BCUT2D eigenvalue weighted by atomic mass is 9.83. The summed E-state index contributed by atoms with van der Waals surface area (Å²) in [7, 11) is 0. The average molecular weight is 241 g/mol. The number of carbonyl (C=O) groups is 2. The summed E-state index contributed by atoms with van der Waals surface area (Å²) in [5.74, 6) is -2.61. The number of aliphatic carboxylic acids is 1. The van der Waals surface area contributed by atoms with E-state index in [1.165, 1.54) is 6.21 Å². The zero-order chi connectivity index (χ0) is 12.1. The van der Waals surface area contributed by atoms with Crippen molar-refractivity contribution in [1.29, 1.82) is 0 Å². The highest BCUT2D eigenvalue weighted by atomic mass is 32.1. The Labute approximate surface area is 99.9 Å². The van der Waals surface area contributed by atoms with Gasteiger partial charge in [0.2, 0.25) is 5.91 Å². The van der Waals surface area contributed by atoms with Gasteiger partial charge in [-0.1, -0.05) is 12.2 Å². The maximum atomic E-state index is 11.7. The molecular formula is C11H15NO3S. The third kappa shape index (κ3) is 3.48. The minimum atomic E-state index is -0.969. The SMILES string of the molecule is CC(S)C=NC(=O)C1CCC=CC1C(=O)O. The van der Waals surface area contributed by atoms with Crippen LogP contribution in [-0.2, 0) is 9.59 Å². The highest BCUT2D eigenvalue weighted by Crippen LogP contribution is 2.26. The van der Waals surface area contributed by atoms with Crippen LogP contribution in [0.25, 0.3) is 0 Å². The Morgan fingerprint density at radius 1 is 1.62 bits per heavy atom. The lowest BCUT2D eigenvalue weighted by Crippen LogP contribution is -2.29. The Balaban J connectivity index is 2.74. The number of carboxylic acids is 1. The number of aliphatic imine (C=N–C) groups is 1. The minimum Gasteiger partial charge on any atom is -0.481 e. The van der Waals surface area contributed by atoms with Gasteiger partial charge in [0.15, 0.2) is 0 Å². The molecule has 0 saturated carbocycles. The smallest absolute Gasteiger partial charge is 0.311 e. The van der Waals surface area contributed by atoms with Crippen molar-refractivity contribution in [2.45, 2.75) is 25.0 Å². The van der Waals surface area contributed by atoms with E-state index in [1.807, 2.05) is 0 Å². The number of carboxylic acid groups (broad SMARTS) is 1. The largest absolute Gasteiger partial charge is 0.481 e. The van der Waals surface area contributed by atoms with Crippen molar-refractivity contribution >= 4 is 30.7 Å². The van der Waals surface area contributed by atoms with Crippen LogP contribution < -0.4 is 0 Å². The summed E-state index contributed by atoms with van der Waals surface area (Å²) in [4.78, 5) is 26.4. The third-order valence-electron chi connectivity index (χ3n) is 2.44. The number of nitrogens with zero attached hydrogens (tertiary/aromatic N) is 1. The molecule has 0 radical (unpaired) electrons. The van der Waals surface area contributed by atoms with E-state index in [-0.39, 0.29) is 11.2 Å². The molecule has 0 aromatic carbocycles. The normalized spacial score (nSPS) is 26.9. The number of amides is 1. The van der Waals surface area contributed by atoms with Crippen LogP contribution in [0.15, 0.2) is 17.1 Å². The molecule has 0 fully saturated rings. The summed E-state index contributed by atoms with van der Waals surface area (Å²) in [5, 5.41) is 8.86. The van der Waals surface area contributed by atoms with Crippen molar-refractivity contribution in [3.63, 3.8) is 0 Å². The van der Waals surface area contributed by atoms with Crippen LogP contribution in [0.3, 0.4) is 0 Å². The molecule has 0 aromatic rings. The van der Waals surface area contributed by atoms with Crippen LogP contribution in [0.2, 0.25) is 0 Å². The number of rotatable bonds is 3. The highest BCUT2D eigenvalue weighted by molar-refractivity contribution is 7.81. The zero-order valence-electron chi connectivity index (χ0n) is 9.04. The molecule has 0 aromatic heterocycles. The first-order valence-corrected chi connectivity index (χ1v) is 5.69. The molecule has 1 aliphatic rings. The maximum absolute atomic E-state index is 11.7. The molecule has 0 bridgehead atoms. The molecule has 0 aliphatic heterocycles. The van der Waals surface area contributed by atoms with E-state index < -0.39 is 17.8 Å². The molecule has 0 spiro atoms. The summed E-state index contributed by atoms with van der Waals surface area (Å²) in [6, 6.07) is 0. The summed E-state index contributed by atoms with van der Waals surface area (Å²) in [6.07, 6.45) is 6.08. The second-order valence-corrected chi connectivity index (χ2v) is 4.65. The van der Waals surface area contributed by atoms with Gasteiger partial charge in [-0.25, -0.2) is 4.99 Å². The van der Waals surface area contributed by atoms with E-state index in [1.54, 1.807) is 19.1 Å². The Hall–Kier alpha value is -1.10. The van der Waals surface area contributed by atoms with Crippen molar-refractivity contribution < 1.29 is 14.7 Å². The van der Waals surface area contributed by atoms with Crippen molar-refractivity contribution in [3.05, 3.63) is 12.2 Å². The van der Waals surface area contributed by atoms with E-state index in [9.17, 15) is 9.59 Å². The number of carbonyl (C=O) groups excluding carboxylic acids is 1. The Morgan fingerprint density at radius 3 is 2.88 bits per heavy atom. The summed E-state index contributed by atoms with van der Waals surface area (Å²) >= 11 is 4.07. The van der Waals surface area contributed by atoms with Gasteiger partial charge in [-0.3, -0.25) is 9.59 Å². The van der Waals surface area contributed by atoms with Crippen molar-refractivity contribution in [2.75, 3.05) is 0 Å². The van der Waals surface area contributed by atoms with Gasteiger partial charge in [0, 0.05) is 11.5 Å². The van der Waals surface area contributed by atoms with Crippen LogP contribution >= 0.6 is 12.6 Å². The Kier molecular flexibility index (Phi) is 4.73. The van der Waals surface area contributed by atoms with E-state index >= 15 is 0 Å². The highest BCUT2D eigenvalue weighted by Gasteiger charge is 2.32. The van der Waals surface area contributed by atoms with E-state index in [2.05, 4.69) is 17.6 Å². The van der Waals surface area contributed by atoms with Gasteiger partial charge in [-0.15, -0.1) is 0 Å². The second kappa shape index (κ2) is 5.84. The van der Waals surface area contributed by atoms with Crippen LogP contribution in [0.1, 0.15) is 19.8 Å². The summed E-state index contributed by atoms with van der Waals surface area (Å²) in [6.45, 7) is 1.79. The lowest BCUT2D eigenvalue weighted by Gasteiger charge is -2.21. The van der Waals surface area contributed by atoms with Gasteiger partial charge >= 0.3 is 5.97 Å². The lowest BCUT2D eigenvalue weighted by molar-refractivity contribution is -0.144. The van der Waals surface area contributed by atoms with Crippen molar-refractivity contribution in [3.8, 4) is 0 Å². The van der Waals surface area contributed by atoms with Crippen molar-refractivity contribution in [2.24, 2.45) is 16.8 Å². The second-order valence-electron chi connectivity index (χ2n) is 3.83. The van der Waals surface area contributed by atoms with E-state index in [0.717, 1.165) is 6.42 Å². The quantitative estimate of drug-likeness (QED) is 0.448. The molecule has 3 unspecified atom stereocenters. The van der Waals surface area contributed by atoms with Gasteiger partial charge in [-0.05, 0) is 19.8 Å². The molecule has 5 heteroatoms. The third-order valence-corrected chi connectivity index (χ3v) is 2.57. The van der Waals surface area contributed by atoms with Crippen molar-refractivity contribution in [1.82, 2.24) is 0 Å². The predicted octanol–water partition coefficient (Wildman–Crippen LogP) is 1.57. The molecule has 0 saturated heterocycles. The van der Waals surface area contributed by atoms with Gasteiger partial charge in [-0.2, -0.15) is 12.6 Å². The van der Waals surface area contributed by atoms with Crippen LogP contribution in [0.4, 0.5) is 0 Å². The topological polar surface area (TPSA) is 66.7 Å². The molecular weight excluding hydrogens is 226 g/mol. The fourth-order valence-corrected chi connectivity index (χ4v) is 1.71. The molecule has 1 amide bonds. The van der Waals surface area contributed by atoms with Gasteiger partial charge in [0.05, 0.1) is 11.8 Å². The summed E-state index contributed by atoms with van der Waals surface area (Å²) in [5.41, 5.74) is 0. The molecule has 88 valence electrons. The molecule has 1 rings (SSSR count). The van der Waals surface area contributed by atoms with Gasteiger partial charge in [0.25, 0.3) is 0 Å². The molecule has 0 heterocycles. The monoisotopic (exact) mass is 241 g/mol. The zero-order valence-corrected chi connectivity index (χ0v) is 9.93. The molecule has 1 aliphatic carbocycles. The molecule has 1 N–H and O–H groups in total. The minimum absolute atomic E-state index is 0.105. The first-order chi connectivity index (χ1) is 7.52. The number of thiol groups is 1. The number of hydrogen-bond donors (Lipinski definition) is 2. The first kappa shape index (κ1) is 13.0. The Morgan fingerprint density at radius 2 is 2.31 bits per heavy atom. The van der Waals surface area contributed by atoms with Crippen LogP contribution in [0, 0.1) is 11.8 Å². The Bertz CT molecular complexity index is 336. The van der Waals surface area contributed by atoms with Gasteiger partial charge in [0.1, 0.15) is 0 Å². The molecule has 3 atom stereocenters. The maximum Gasteiger partial charge on any atom is 0.311 e. The van der Waals surface area contributed by atoms with E-state index in [4.69, 9.17) is 5.11 Å². The van der Waals surface area contributed by atoms with Gasteiger partial charge < -0.3 is 5.11 Å². The number of allylic oxidation sites excluding steroid dienone is 1. The first-order valence-electron chi connectivity index (χ1n) is 5.18. The average Bonchev–Trinajstić information content (AvgIpc) is 2.25. The standard InChI is InChI=1S/C11H15NO3S/c1-7(16)6-12-10(13)8-4-2-3-5-9(8)11(14)15/h3,5-9,16H,2,4H2,1H3,(H,14,15). The predicted molar refractivity (Wildman–Crippen MR) is 64.9 cm³/mol. The van der Waals surface area contributed by atoms with Crippen LogP contribution in [-0.4, -0.2) is 28.4 Å². The molecule has 16 heavy (non-hydrogen) atoms. The fraction of sp³-hybridized carbons (Fsp3) is 0.545. The fourth-order valence-electron chi connectivity index (χ4n) is 1.64. The summed E-state index contributed by atoms with van der Waals surface area (Å²) < 4.78 is 0. The van der Waals surface area contributed by atoms with E-state index in [0.29, 0.717) is 6.42 Å².